The minimum absolute atomic E-state index is 0.0627. The van der Waals surface area contributed by atoms with Crippen LogP contribution in [-0.2, 0) is 17.1 Å². The number of aromatic nitrogens is 2. The van der Waals surface area contributed by atoms with Gasteiger partial charge >= 0.3 is 0 Å². The fourth-order valence-electron chi connectivity index (χ4n) is 3.10. The minimum Gasteiger partial charge on any atom is -0.271 e. The van der Waals surface area contributed by atoms with E-state index in [1.54, 1.807) is 23.0 Å². The van der Waals surface area contributed by atoms with Gasteiger partial charge in [0.2, 0.25) is 10.0 Å². The maximum atomic E-state index is 12.9. The van der Waals surface area contributed by atoms with Gasteiger partial charge in [0.25, 0.3) is 0 Å². The summed E-state index contributed by atoms with van der Waals surface area (Å²) in [5, 5.41) is 4.23. The Morgan fingerprint density at radius 3 is 2.11 bits per heavy atom. The maximum Gasteiger partial charge on any atom is 0.247 e. The summed E-state index contributed by atoms with van der Waals surface area (Å²) < 4.78 is 29.2. The van der Waals surface area contributed by atoms with Crippen molar-refractivity contribution in [2.45, 2.75) is 63.9 Å². The Kier molecular flexibility index (Phi) is 3.75. The highest BCUT2D eigenvalue weighted by molar-refractivity contribution is 7.89. The van der Waals surface area contributed by atoms with Crippen LogP contribution in [0, 0.1) is 13.8 Å². The van der Waals surface area contributed by atoms with Crippen molar-refractivity contribution in [2.75, 3.05) is 0 Å². The van der Waals surface area contributed by atoms with Crippen LogP contribution in [0.5, 0.6) is 0 Å². The Hall–Kier alpha value is -0.880. The fraction of sp³-hybridized carbons (Fsp3) is 0.769. The van der Waals surface area contributed by atoms with Crippen molar-refractivity contribution in [3.05, 3.63) is 11.4 Å². The van der Waals surface area contributed by atoms with E-state index in [9.17, 15) is 8.42 Å². The molecule has 2 rings (SSSR count). The Labute approximate surface area is 115 Å². The Balaban J connectivity index is 2.52. The fourth-order valence-corrected chi connectivity index (χ4v) is 5.39. The van der Waals surface area contributed by atoms with Gasteiger partial charge in [0.15, 0.2) is 0 Å². The monoisotopic (exact) mass is 285 g/mol. The summed E-state index contributed by atoms with van der Waals surface area (Å²) in [5.74, 6) is 0. The zero-order chi connectivity index (χ0) is 14.4. The zero-order valence-electron chi connectivity index (χ0n) is 12.3. The predicted octanol–water partition coefficient (Wildman–Crippen LogP) is 1.99. The quantitative estimate of drug-likeness (QED) is 0.835. The topological polar surface area (TPSA) is 55.2 Å². The van der Waals surface area contributed by atoms with Gasteiger partial charge in [-0.1, -0.05) is 6.42 Å². The largest absolute Gasteiger partial charge is 0.271 e. The third kappa shape index (κ3) is 2.31. The highest BCUT2D eigenvalue weighted by Crippen LogP contribution is 2.31. The normalized spacial score (nSPS) is 25.7. The van der Waals surface area contributed by atoms with Crippen molar-refractivity contribution in [3.63, 3.8) is 0 Å². The van der Waals surface area contributed by atoms with Crippen molar-refractivity contribution in [1.82, 2.24) is 14.1 Å². The number of piperidine rings is 1. The van der Waals surface area contributed by atoms with Crippen LogP contribution in [0.1, 0.15) is 44.5 Å². The standard InChI is InChI=1S/C13H23N3O2S/c1-9-7-6-8-10(2)16(9)19(17,18)13-11(3)14-15(5)12(13)4/h9-10H,6-8H2,1-5H3. The summed E-state index contributed by atoms with van der Waals surface area (Å²) in [5.41, 5.74) is 1.30. The number of hydrogen-bond donors (Lipinski definition) is 0. The van der Waals surface area contributed by atoms with Crippen LogP contribution in [0.4, 0.5) is 0 Å². The smallest absolute Gasteiger partial charge is 0.247 e. The maximum absolute atomic E-state index is 12.9. The van der Waals surface area contributed by atoms with E-state index >= 15 is 0 Å². The minimum atomic E-state index is -3.45. The average molecular weight is 285 g/mol. The third-order valence-corrected chi connectivity index (χ3v) is 6.47. The summed E-state index contributed by atoms with van der Waals surface area (Å²) >= 11 is 0. The first-order chi connectivity index (χ1) is 8.76. The Morgan fingerprint density at radius 2 is 1.68 bits per heavy atom. The molecule has 108 valence electrons. The Bertz CT molecular complexity index is 567. The van der Waals surface area contributed by atoms with Crippen molar-refractivity contribution in [2.24, 2.45) is 7.05 Å². The summed E-state index contributed by atoms with van der Waals surface area (Å²) in [6.07, 6.45) is 2.96. The second-order valence-corrected chi connectivity index (χ2v) is 7.37. The number of hydrogen-bond acceptors (Lipinski definition) is 3. The molecule has 2 atom stereocenters. The molecule has 0 amide bonds. The van der Waals surface area contributed by atoms with Gasteiger partial charge < -0.3 is 0 Å². The van der Waals surface area contributed by atoms with E-state index < -0.39 is 10.0 Å². The molecule has 6 heteroatoms. The molecular weight excluding hydrogens is 262 g/mol. The van der Waals surface area contributed by atoms with Gasteiger partial charge in [-0.15, -0.1) is 0 Å². The first-order valence-corrected chi connectivity index (χ1v) is 8.24. The summed E-state index contributed by atoms with van der Waals surface area (Å²) in [6, 6.07) is 0.125. The zero-order valence-corrected chi connectivity index (χ0v) is 13.2. The molecule has 2 unspecified atom stereocenters. The van der Waals surface area contributed by atoms with Gasteiger partial charge in [0, 0.05) is 19.1 Å². The lowest BCUT2D eigenvalue weighted by Gasteiger charge is -2.37. The molecule has 19 heavy (non-hydrogen) atoms. The molecule has 0 aliphatic carbocycles. The van der Waals surface area contributed by atoms with E-state index in [-0.39, 0.29) is 12.1 Å². The number of nitrogens with zero attached hydrogens (tertiary/aromatic N) is 3. The first kappa shape index (κ1) is 14.5. The van der Waals surface area contributed by atoms with Crippen LogP contribution in [0.3, 0.4) is 0 Å². The number of aryl methyl sites for hydroxylation is 2. The molecule has 1 fully saturated rings. The molecule has 1 aliphatic heterocycles. The van der Waals surface area contributed by atoms with Gasteiger partial charge in [-0.2, -0.15) is 9.40 Å². The van der Waals surface area contributed by atoms with Crippen LogP contribution in [0.15, 0.2) is 4.90 Å². The molecule has 2 heterocycles. The summed E-state index contributed by atoms with van der Waals surface area (Å²) in [6.45, 7) is 7.56. The summed E-state index contributed by atoms with van der Waals surface area (Å²) in [7, 11) is -1.67. The molecule has 0 N–H and O–H groups in total. The van der Waals surface area contributed by atoms with Gasteiger partial charge in [-0.3, -0.25) is 4.68 Å². The van der Waals surface area contributed by atoms with Crippen molar-refractivity contribution in [3.8, 4) is 0 Å². The first-order valence-electron chi connectivity index (χ1n) is 6.80. The van der Waals surface area contributed by atoms with Crippen LogP contribution in [-0.4, -0.2) is 34.6 Å². The van der Waals surface area contributed by atoms with Crippen LogP contribution >= 0.6 is 0 Å². The Morgan fingerprint density at radius 1 is 1.16 bits per heavy atom. The molecule has 0 bridgehead atoms. The second kappa shape index (κ2) is 4.90. The van der Waals surface area contributed by atoms with E-state index in [4.69, 9.17) is 0 Å². The van der Waals surface area contributed by atoms with E-state index in [0.717, 1.165) is 19.3 Å². The molecule has 1 aliphatic rings. The van der Waals surface area contributed by atoms with Gasteiger partial charge in [0.05, 0.1) is 11.4 Å². The lowest BCUT2D eigenvalue weighted by atomic mass is 10.0. The highest BCUT2D eigenvalue weighted by Gasteiger charge is 2.38. The van der Waals surface area contributed by atoms with Gasteiger partial charge in [0.1, 0.15) is 4.90 Å². The molecule has 5 nitrogen and oxygen atoms in total. The van der Waals surface area contributed by atoms with Crippen LogP contribution < -0.4 is 0 Å². The molecule has 1 aromatic rings. The number of sulfonamides is 1. The molecule has 1 saturated heterocycles. The average Bonchev–Trinajstić information content (AvgIpc) is 2.52. The predicted molar refractivity (Wildman–Crippen MR) is 74.5 cm³/mol. The van der Waals surface area contributed by atoms with Gasteiger partial charge in [-0.25, -0.2) is 8.42 Å². The molecule has 1 aromatic heterocycles. The molecule has 0 aromatic carbocycles. The van der Waals surface area contributed by atoms with Crippen molar-refractivity contribution >= 4 is 10.0 Å². The number of rotatable bonds is 2. The van der Waals surface area contributed by atoms with E-state index in [2.05, 4.69) is 5.10 Å². The molecule has 0 radical (unpaired) electrons. The van der Waals surface area contributed by atoms with Crippen LogP contribution in [0.25, 0.3) is 0 Å². The van der Waals surface area contributed by atoms with E-state index in [0.29, 0.717) is 16.3 Å². The lowest BCUT2D eigenvalue weighted by Crippen LogP contribution is -2.47. The summed E-state index contributed by atoms with van der Waals surface area (Å²) in [4.78, 5) is 0.385. The highest BCUT2D eigenvalue weighted by atomic mass is 32.2. The third-order valence-electron chi connectivity index (χ3n) is 4.09. The van der Waals surface area contributed by atoms with Crippen LogP contribution in [0.2, 0.25) is 0 Å². The molecule has 0 saturated carbocycles. The van der Waals surface area contributed by atoms with Crippen molar-refractivity contribution in [1.29, 1.82) is 0 Å². The lowest BCUT2D eigenvalue weighted by molar-refractivity contribution is 0.204. The van der Waals surface area contributed by atoms with E-state index in [1.165, 1.54) is 0 Å². The molecule has 0 spiro atoms. The second-order valence-electron chi connectivity index (χ2n) is 5.59. The van der Waals surface area contributed by atoms with Crippen molar-refractivity contribution < 1.29 is 8.42 Å². The SMILES string of the molecule is Cc1nn(C)c(C)c1S(=O)(=O)N1C(C)CCCC1C. The molecular formula is C13H23N3O2S. The van der Waals surface area contributed by atoms with E-state index in [1.807, 2.05) is 20.8 Å². The van der Waals surface area contributed by atoms with Gasteiger partial charge in [-0.05, 0) is 40.5 Å².